The van der Waals surface area contributed by atoms with Gasteiger partial charge in [-0.2, -0.15) is 0 Å². The Morgan fingerprint density at radius 1 is 1.32 bits per heavy atom. The fourth-order valence-electron chi connectivity index (χ4n) is 2.51. The van der Waals surface area contributed by atoms with E-state index in [-0.39, 0.29) is 0 Å². The van der Waals surface area contributed by atoms with Crippen LogP contribution in [0.3, 0.4) is 0 Å². The Balaban J connectivity index is 2.26. The minimum Gasteiger partial charge on any atom is -0.309 e. The molecule has 7 heteroatoms. The fourth-order valence-corrected chi connectivity index (χ4v) is 3.06. The number of hydrogen-bond acceptors (Lipinski definition) is 4. The van der Waals surface area contributed by atoms with Crippen molar-refractivity contribution in [2.24, 2.45) is 7.05 Å². The van der Waals surface area contributed by atoms with Gasteiger partial charge in [-0.1, -0.05) is 41.6 Å². The molecule has 0 bridgehead atoms. The summed E-state index contributed by atoms with van der Waals surface area (Å²) in [7, 11) is 1.61. The third-order valence-corrected chi connectivity index (χ3v) is 4.25. The number of nitrogens with one attached hydrogen (secondary N) is 1. The molecular formula is C15H16N4O2S. The van der Waals surface area contributed by atoms with Crippen molar-refractivity contribution in [1.82, 2.24) is 19.1 Å². The van der Waals surface area contributed by atoms with Gasteiger partial charge in [0, 0.05) is 7.05 Å². The quantitative estimate of drug-likeness (QED) is 0.743. The lowest BCUT2D eigenvalue weighted by molar-refractivity contribution is 0.728. The van der Waals surface area contributed by atoms with Crippen LogP contribution >= 0.6 is 11.8 Å². The van der Waals surface area contributed by atoms with Crippen molar-refractivity contribution in [3.63, 3.8) is 0 Å². The molecule has 0 aliphatic heterocycles. The van der Waals surface area contributed by atoms with E-state index in [2.05, 4.69) is 16.0 Å². The summed E-state index contributed by atoms with van der Waals surface area (Å²) in [6.07, 6.45) is 1.90. The highest BCUT2D eigenvalue weighted by Gasteiger charge is 2.16. The Morgan fingerprint density at radius 3 is 2.77 bits per heavy atom. The number of benzene rings is 1. The Morgan fingerprint density at radius 2 is 2.09 bits per heavy atom. The van der Waals surface area contributed by atoms with Crippen LogP contribution in [0.1, 0.15) is 11.1 Å². The topological polar surface area (TPSA) is 72.7 Å². The van der Waals surface area contributed by atoms with E-state index in [0.717, 1.165) is 11.1 Å². The molecule has 0 unspecified atom stereocenters. The summed E-state index contributed by atoms with van der Waals surface area (Å²) in [5.74, 6) is 0. The van der Waals surface area contributed by atoms with E-state index >= 15 is 0 Å². The van der Waals surface area contributed by atoms with Crippen molar-refractivity contribution < 1.29 is 0 Å². The van der Waals surface area contributed by atoms with Gasteiger partial charge in [-0.05, 0) is 18.7 Å². The molecule has 0 spiro atoms. The van der Waals surface area contributed by atoms with Crippen LogP contribution in [-0.4, -0.2) is 25.4 Å². The molecule has 2 heterocycles. The number of hydrogen-bond donors (Lipinski definition) is 1. The maximum atomic E-state index is 12.2. The second kappa shape index (κ2) is 5.49. The molecule has 1 N–H and O–H groups in total. The SMILES string of the molecule is CSc1nc2c(c(=O)[nH]c(=O)n2C)n1Cc1cccc(C)c1. The molecule has 0 atom stereocenters. The first kappa shape index (κ1) is 14.6. The van der Waals surface area contributed by atoms with Gasteiger partial charge in [0.2, 0.25) is 0 Å². The highest BCUT2D eigenvalue weighted by molar-refractivity contribution is 7.98. The van der Waals surface area contributed by atoms with Crippen LogP contribution in [0.15, 0.2) is 39.0 Å². The molecule has 1 aromatic carbocycles. The third-order valence-electron chi connectivity index (χ3n) is 3.58. The number of rotatable bonds is 3. The van der Waals surface area contributed by atoms with Crippen molar-refractivity contribution in [3.8, 4) is 0 Å². The van der Waals surface area contributed by atoms with E-state index in [1.54, 1.807) is 7.05 Å². The Bertz CT molecular complexity index is 968. The summed E-state index contributed by atoms with van der Waals surface area (Å²) in [6, 6.07) is 8.11. The van der Waals surface area contributed by atoms with Gasteiger partial charge in [-0.3, -0.25) is 14.3 Å². The number of fused-ring (bicyclic) bond motifs is 1. The van der Waals surface area contributed by atoms with Crippen molar-refractivity contribution in [1.29, 1.82) is 0 Å². The maximum Gasteiger partial charge on any atom is 0.329 e. The van der Waals surface area contributed by atoms with E-state index in [9.17, 15) is 9.59 Å². The minimum absolute atomic E-state index is 0.404. The summed E-state index contributed by atoms with van der Waals surface area (Å²) in [5.41, 5.74) is 2.22. The predicted molar refractivity (Wildman–Crippen MR) is 87.7 cm³/mol. The molecule has 22 heavy (non-hydrogen) atoms. The minimum atomic E-state index is -0.453. The monoisotopic (exact) mass is 316 g/mol. The first-order valence-electron chi connectivity index (χ1n) is 6.80. The van der Waals surface area contributed by atoms with Crippen molar-refractivity contribution in [3.05, 3.63) is 56.2 Å². The van der Waals surface area contributed by atoms with Crippen LogP contribution in [0.5, 0.6) is 0 Å². The zero-order valence-corrected chi connectivity index (χ0v) is 13.4. The highest BCUT2D eigenvalue weighted by atomic mass is 32.2. The number of aryl methyl sites for hydroxylation is 2. The van der Waals surface area contributed by atoms with Crippen LogP contribution in [0.4, 0.5) is 0 Å². The lowest BCUT2D eigenvalue weighted by atomic mass is 10.1. The second-order valence-corrected chi connectivity index (χ2v) is 5.94. The molecule has 0 radical (unpaired) electrons. The van der Waals surface area contributed by atoms with Gasteiger partial charge in [0.1, 0.15) is 0 Å². The Kier molecular flexibility index (Phi) is 3.66. The van der Waals surface area contributed by atoms with Gasteiger partial charge in [0.15, 0.2) is 16.3 Å². The molecule has 0 amide bonds. The standard InChI is InChI=1S/C15H16N4O2S/c1-9-5-4-6-10(7-9)8-19-11-12(16-15(19)22-3)18(2)14(21)17-13(11)20/h4-7H,8H2,1-3H3,(H,17,20,21). The first-order valence-corrected chi connectivity index (χ1v) is 8.03. The summed E-state index contributed by atoms with van der Waals surface area (Å²) in [4.78, 5) is 30.7. The molecule has 3 aromatic rings. The summed E-state index contributed by atoms with van der Waals surface area (Å²) >= 11 is 1.45. The Labute approximate surface area is 130 Å². The Hall–Kier alpha value is -2.28. The normalized spacial score (nSPS) is 11.2. The lowest BCUT2D eigenvalue weighted by Gasteiger charge is -2.08. The van der Waals surface area contributed by atoms with Gasteiger partial charge in [0.25, 0.3) is 5.56 Å². The summed E-state index contributed by atoms with van der Waals surface area (Å²) in [6.45, 7) is 2.57. The van der Waals surface area contributed by atoms with Crippen molar-refractivity contribution >= 4 is 22.9 Å². The smallest absolute Gasteiger partial charge is 0.309 e. The molecule has 0 saturated carbocycles. The molecule has 0 aliphatic carbocycles. The fraction of sp³-hybridized carbons (Fsp3) is 0.267. The summed E-state index contributed by atoms with van der Waals surface area (Å²) < 4.78 is 3.22. The van der Waals surface area contributed by atoms with Crippen LogP contribution < -0.4 is 11.2 Å². The van der Waals surface area contributed by atoms with Gasteiger partial charge in [0.05, 0.1) is 6.54 Å². The highest BCUT2D eigenvalue weighted by Crippen LogP contribution is 2.20. The van der Waals surface area contributed by atoms with Gasteiger partial charge in [-0.25, -0.2) is 9.78 Å². The maximum absolute atomic E-state index is 12.2. The largest absolute Gasteiger partial charge is 0.329 e. The first-order chi connectivity index (χ1) is 10.5. The van der Waals surface area contributed by atoms with E-state index in [0.29, 0.717) is 22.9 Å². The zero-order valence-electron chi connectivity index (χ0n) is 12.6. The van der Waals surface area contributed by atoms with E-state index in [4.69, 9.17) is 0 Å². The van der Waals surface area contributed by atoms with Crippen LogP contribution in [-0.2, 0) is 13.6 Å². The number of imidazole rings is 1. The molecule has 0 fully saturated rings. The average molecular weight is 316 g/mol. The van der Waals surface area contributed by atoms with Crippen molar-refractivity contribution in [2.45, 2.75) is 18.6 Å². The lowest BCUT2D eigenvalue weighted by Crippen LogP contribution is -2.29. The molecule has 2 aromatic heterocycles. The molecule has 0 aliphatic rings. The second-order valence-electron chi connectivity index (χ2n) is 5.16. The van der Waals surface area contributed by atoms with Crippen LogP contribution in [0.25, 0.3) is 11.2 Å². The molecule has 6 nitrogen and oxygen atoms in total. The number of thioether (sulfide) groups is 1. The molecular weight excluding hydrogens is 300 g/mol. The summed E-state index contributed by atoms with van der Waals surface area (Å²) in [5, 5.41) is 0.711. The van der Waals surface area contributed by atoms with Crippen LogP contribution in [0.2, 0.25) is 0 Å². The van der Waals surface area contributed by atoms with E-state index in [1.165, 1.54) is 16.3 Å². The average Bonchev–Trinajstić information content (AvgIpc) is 2.84. The van der Waals surface area contributed by atoms with E-state index in [1.807, 2.05) is 35.9 Å². The zero-order chi connectivity index (χ0) is 15.9. The van der Waals surface area contributed by atoms with Gasteiger partial charge in [-0.15, -0.1) is 0 Å². The number of aromatic nitrogens is 4. The van der Waals surface area contributed by atoms with E-state index < -0.39 is 11.2 Å². The molecule has 3 rings (SSSR count). The number of aromatic amines is 1. The third kappa shape index (κ3) is 2.37. The van der Waals surface area contributed by atoms with Crippen LogP contribution in [0, 0.1) is 6.92 Å². The molecule has 114 valence electrons. The predicted octanol–water partition coefficient (Wildman–Crippen LogP) is 1.50. The number of H-pyrrole nitrogens is 1. The van der Waals surface area contributed by atoms with Gasteiger partial charge < -0.3 is 4.57 Å². The van der Waals surface area contributed by atoms with Crippen molar-refractivity contribution in [2.75, 3.05) is 6.26 Å². The number of nitrogens with zero attached hydrogens (tertiary/aromatic N) is 3. The molecule has 0 saturated heterocycles. The van der Waals surface area contributed by atoms with Gasteiger partial charge >= 0.3 is 5.69 Å².